The van der Waals surface area contributed by atoms with Gasteiger partial charge in [-0.25, -0.2) is 14.0 Å². The molecule has 4 N–H and O–H groups in total. The predicted molar refractivity (Wildman–Crippen MR) is 176 cm³/mol. The second-order valence-corrected chi connectivity index (χ2v) is 13.4. The lowest BCUT2D eigenvalue weighted by Crippen LogP contribution is -2.48. The third kappa shape index (κ3) is 13.4. The molecule has 1 unspecified atom stereocenters. The zero-order chi connectivity index (χ0) is 34.3. The number of piperidine rings is 1. The molecule has 0 spiro atoms. The topological polar surface area (TPSA) is 157 Å². The van der Waals surface area contributed by atoms with Crippen molar-refractivity contribution in [2.24, 2.45) is 5.92 Å². The van der Waals surface area contributed by atoms with Gasteiger partial charge in [0.1, 0.15) is 17.0 Å². The molecule has 0 bridgehead atoms. The molecule has 0 saturated carbocycles. The summed E-state index contributed by atoms with van der Waals surface area (Å²) in [5.41, 5.74) is 2.26. The Labute approximate surface area is 279 Å². The Bertz CT molecular complexity index is 1230. The van der Waals surface area contributed by atoms with Crippen LogP contribution in [0.2, 0.25) is 0 Å². The van der Waals surface area contributed by atoms with Crippen LogP contribution < -0.4 is 4.74 Å². The maximum Gasteiger partial charge on any atom is 0.335 e. The number of ether oxygens (including phenoxy) is 2. The Morgan fingerprint density at radius 3 is 2.11 bits per heavy atom. The number of halogens is 1. The van der Waals surface area contributed by atoms with Gasteiger partial charge >= 0.3 is 11.9 Å². The molecule has 13 heteroatoms. The van der Waals surface area contributed by atoms with E-state index in [4.69, 9.17) is 29.9 Å². The molecule has 0 radical (unpaired) electrons. The molecule has 2 fully saturated rings. The van der Waals surface area contributed by atoms with Crippen LogP contribution in [0.1, 0.15) is 50.7 Å². The van der Waals surface area contributed by atoms with Crippen LogP contribution in [-0.2, 0) is 32.1 Å². The van der Waals surface area contributed by atoms with Crippen molar-refractivity contribution < 1.29 is 48.7 Å². The molecule has 2 aromatic carbocycles. The van der Waals surface area contributed by atoms with Gasteiger partial charge in [-0.05, 0) is 72.7 Å². The molecule has 260 valence electrons. The number of carboxylic acid groups (broad SMARTS) is 2. The van der Waals surface area contributed by atoms with Gasteiger partial charge in [-0.1, -0.05) is 38.1 Å². The molecule has 11 nitrogen and oxygen atoms in total. The summed E-state index contributed by atoms with van der Waals surface area (Å²) in [6.07, 6.45) is -0.0659. The molecule has 2 heterocycles. The lowest BCUT2D eigenvalue weighted by Gasteiger charge is -2.39. The van der Waals surface area contributed by atoms with E-state index in [9.17, 15) is 18.8 Å². The van der Waals surface area contributed by atoms with Crippen LogP contribution >= 0.6 is 11.8 Å². The van der Waals surface area contributed by atoms with Crippen molar-refractivity contribution in [1.29, 1.82) is 0 Å². The van der Waals surface area contributed by atoms with E-state index in [-0.39, 0.29) is 17.8 Å². The van der Waals surface area contributed by atoms with Gasteiger partial charge in [0.05, 0.1) is 13.0 Å². The molecule has 2 aromatic rings. The number of hydrogen-bond donors (Lipinski definition) is 4. The number of carbonyl (C=O) groups excluding carboxylic acids is 1. The summed E-state index contributed by atoms with van der Waals surface area (Å²) in [5, 5.41) is 32.5. The fourth-order valence-corrected chi connectivity index (χ4v) is 6.18. The molecule has 0 aliphatic carbocycles. The first-order valence-electron chi connectivity index (χ1n) is 16.0. The van der Waals surface area contributed by atoms with E-state index in [2.05, 4.69) is 18.7 Å². The van der Waals surface area contributed by atoms with E-state index in [0.717, 1.165) is 68.8 Å². The first-order valence-corrected chi connectivity index (χ1v) is 17.0. The minimum Gasteiger partial charge on any atom is -0.493 e. The molecule has 4 rings (SSSR count). The quantitative estimate of drug-likeness (QED) is 0.231. The standard InChI is InChI=1S/C30H41FN2O3S.C4H6O6/c1-23(2)22-36-28-10-6-24(7-11-28)20-29(34)33(21-25-4-8-26(31)9-5-25)27-12-15-32(16-13-27)17-14-30-35-18-3-19-37-30;5-1(3(7)8)2(6)4(9)10/h4-11,23,27,30H,3,12-22H2,1-2H3;1-2,5-6H,(H,7,8)(H,9,10)/t;1-,2-/m.1/s1. The van der Waals surface area contributed by atoms with E-state index in [1.807, 2.05) is 40.9 Å². The molecule has 2 aliphatic rings. The van der Waals surface area contributed by atoms with Gasteiger partial charge in [-0.3, -0.25) is 4.79 Å². The van der Waals surface area contributed by atoms with Crippen LogP contribution in [0.15, 0.2) is 48.5 Å². The molecule has 47 heavy (non-hydrogen) atoms. The summed E-state index contributed by atoms with van der Waals surface area (Å²) in [6.45, 7) is 9.32. The highest BCUT2D eigenvalue weighted by Crippen LogP contribution is 2.25. The summed E-state index contributed by atoms with van der Waals surface area (Å²) in [5.74, 6) is -1.18. The Hall–Kier alpha value is -3.23. The second kappa shape index (κ2) is 19.6. The van der Waals surface area contributed by atoms with Gasteiger partial charge in [0, 0.05) is 38.8 Å². The summed E-state index contributed by atoms with van der Waals surface area (Å²) < 4.78 is 25.2. The Balaban J connectivity index is 0.000000520. The van der Waals surface area contributed by atoms with Crippen molar-refractivity contribution in [1.82, 2.24) is 9.80 Å². The number of carboxylic acids is 2. The van der Waals surface area contributed by atoms with Crippen molar-refractivity contribution >= 4 is 29.6 Å². The maximum atomic E-state index is 13.6. The number of aliphatic hydroxyl groups is 2. The SMILES string of the molecule is CC(C)COc1ccc(CC(=O)N(Cc2ccc(F)cc2)C2CCN(CCC3OCCCS3)CC2)cc1.O=C(O)[C@H](O)[C@@H](O)C(=O)O. The highest BCUT2D eigenvalue weighted by Gasteiger charge is 2.30. The fraction of sp³-hybridized carbons (Fsp3) is 0.559. The van der Waals surface area contributed by atoms with Gasteiger partial charge in [-0.2, -0.15) is 0 Å². The average Bonchev–Trinajstić information content (AvgIpc) is 3.07. The van der Waals surface area contributed by atoms with Gasteiger partial charge in [0.2, 0.25) is 5.91 Å². The first kappa shape index (κ1) is 38.2. The molecule has 2 aliphatic heterocycles. The Morgan fingerprint density at radius 1 is 0.979 bits per heavy atom. The first-order chi connectivity index (χ1) is 22.4. The number of nitrogens with zero attached hydrogens (tertiary/aromatic N) is 2. The minimum atomic E-state index is -2.27. The second-order valence-electron chi connectivity index (χ2n) is 12.1. The molecule has 2 saturated heterocycles. The van der Waals surface area contributed by atoms with Gasteiger partial charge in [0.25, 0.3) is 0 Å². The van der Waals surface area contributed by atoms with Crippen molar-refractivity contribution in [2.45, 2.75) is 76.2 Å². The molecule has 3 atom stereocenters. The number of hydrogen-bond acceptors (Lipinski definition) is 9. The number of amides is 1. The largest absolute Gasteiger partial charge is 0.493 e. The molecular weight excluding hydrogens is 631 g/mol. The number of likely N-dealkylation sites (tertiary alicyclic amines) is 1. The Kier molecular flexibility index (Phi) is 15.9. The number of benzene rings is 2. The van der Waals surface area contributed by atoms with E-state index < -0.39 is 24.1 Å². The third-order valence-electron chi connectivity index (χ3n) is 7.83. The van der Waals surface area contributed by atoms with Crippen LogP contribution in [0.25, 0.3) is 0 Å². The zero-order valence-corrected chi connectivity index (χ0v) is 27.8. The predicted octanol–water partition coefficient (Wildman–Crippen LogP) is 3.64. The van der Waals surface area contributed by atoms with E-state index in [1.165, 1.54) is 17.9 Å². The van der Waals surface area contributed by atoms with E-state index in [0.29, 0.717) is 30.9 Å². The third-order valence-corrected chi connectivity index (χ3v) is 9.10. The van der Waals surface area contributed by atoms with Gasteiger partial charge < -0.3 is 39.7 Å². The molecule has 1 amide bonds. The van der Waals surface area contributed by atoms with Gasteiger partial charge in [0.15, 0.2) is 12.2 Å². The summed E-state index contributed by atoms with van der Waals surface area (Å²) in [4.78, 5) is 37.7. The van der Waals surface area contributed by atoms with Crippen molar-refractivity contribution in [2.75, 3.05) is 38.6 Å². The minimum absolute atomic E-state index is 0.116. The zero-order valence-electron chi connectivity index (χ0n) is 27.0. The average molecular weight is 679 g/mol. The number of aliphatic hydroxyl groups excluding tert-OH is 2. The van der Waals surface area contributed by atoms with Crippen LogP contribution in [0.5, 0.6) is 5.75 Å². The summed E-state index contributed by atoms with van der Waals surface area (Å²) in [6, 6.07) is 14.6. The lowest BCUT2D eigenvalue weighted by molar-refractivity contribution is -0.165. The summed E-state index contributed by atoms with van der Waals surface area (Å²) in [7, 11) is 0. The normalized spacial score (nSPS) is 18.5. The number of carbonyl (C=O) groups is 3. The fourth-order valence-electron chi connectivity index (χ4n) is 5.17. The number of aliphatic carboxylic acids is 2. The maximum absolute atomic E-state index is 13.6. The summed E-state index contributed by atoms with van der Waals surface area (Å²) >= 11 is 1.93. The smallest absolute Gasteiger partial charge is 0.335 e. The number of rotatable bonds is 14. The highest BCUT2D eigenvalue weighted by atomic mass is 32.2. The van der Waals surface area contributed by atoms with Crippen LogP contribution in [0.3, 0.4) is 0 Å². The van der Waals surface area contributed by atoms with Gasteiger partial charge in [-0.15, -0.1) is 11.8 Å². The Morgan fingerprint density at radius 2 is 1.57 bits per heavy atom. The van der Waals surface area contributed by atoms with Crippen LogP contribution in [0.4, 0.5) is 4.39 Å². The monoisotopic (exact) mass is 678 g/mol. The highest BCUT2D eigenvalue weighted by molar-refractivity contribution is 7.99. The van der Waals surface area contributed by atoms with Crippen molar-refractivity contribution in [3.63, 3.8) is 0 Å². The van der Waals surface area contributed by atoms with Crippen molar-refractivity contribution in [3.05, 3.63) is 65.5 Å². The van der Waals surface area contributed by atoms with Crippen molar-refractivity contribution in [3.8, 4) is 5.75 Å². The molecular formula is C34H47FN2O9S. The molecule has 0 aromatic heterocycles. The number of thioether (sulfide) groups is 1. The lowest BCUT2D eigenvalue weighted by atomic mass is 10.0. The van der Waals surface area contributed by atoms with Crippen LogP contribution in [0, 0.1) is 11.7 Å². The van der Waals surface area contributed by atoms with E-state index >= 15 is 0 Å². The van der Waals surface area contributed by atoms with Crippen LogP contribution in [-0.4, -0.2) is 110 Å². The van der Waals surface area contributed by atoms with E-state index in [1.54, 1.807) is 12.1 Å².